The van der Waals surface area contributed by atoms with Crippen LogP contribution in [0, 0.1) is 6.58 Å². The standard InChI is InChI=1S/C12H23OSi.Li/c1-8-10-11(9-2)13-14(6,7)12(3,4)5;/h1,8-9,11H,2,10H2,3-7H3;/q-1;+1/t11-;/m0./s1. The van der Waals surface area contributed by atoms with Crippen LogP contribution in [-0.4, -0.2) is 14.4 Å². The molecule has 0 aromatic heterocycles. The summed E-state index contributed by atoms with van der Waals surface area (Å²) in [6.45, 7) is 20.3. The van der Waals surface area contributed by atoms with E-state index in [-0.39, 0.29) is 30.0 Å². The van der Waals surface area contributed by atoms with Gasteiger partial charge in [0.1, 0.15) is 0 Å². The second-order valence-corrected chi connectivity index (χ2v) is 9.88. The largest absolute Gasteiger partial charge is 1.00 e. The van der Waals surface area contributed by atoms with Gasteiger partial charge < -0.3 is 11.0 Å². The normalized spacial score (nSPS) is 13.9. The predicted octanol–water partition coefficient (Wildman–Crippen LogP) is 0.946. The van der Waals surface area contributed by atoms with Crippen LogP contribution in [0.3, 0.4) is 0 Å². The molecule has 1 nitrogen and oxygen atoms in total. The van der Waals surface area contributed by atoms with Crippen molar-refractivity contribution in [1.82, 2.24) is 0 Å². The zero-order chi connectivity index (χ0) is 11.4. The minimum Gasteiger partial charge on any atom is -0.518 e. The van der Waals surface area contributed by atoms with E-state index < -0.39 is 8.32 Å². The minimum absolute atomic E-state index is 0. The van der Waals surface area contributed by atoms with Crippen LogP contribution in [0.5, 0.6) is 0 Å². The maximum atomic E-state index is 6.10. The summed E-state index contributed by atoms with van der Waals surface area (Å²) in [4.78, 5) is 0. The van der Waals surface area contributed by atoms with Crippen molar-refractivity contribution < 1.29 is 23.3 Å². The molecule has 0 saturated carbocycles. The molecule has 0 aliphatic rings. The number of hydrogen-bond acceptors (Lipinski definition) is 1. The van der Waals surface area contributed by atoms with Gasteiger partial charge in [-0.2, -0.15) is 0 Å². The van der Waals surface area contributed by atoms with Gasteiger partial charge in [-0.1, -0.05) is 26.8 Å². The second-order valence-electron chi connectivity index (χ2n) is 5.12. The van der Waals surface area contributed by atoms with Crippen molar-refractivity contribution in [3.63, 3.8) is 0 Å². The fourth-order valence-corrected chi connectivity index (χ4v) is 2.18. The summed E-state index contributed by atoms with van der Waals surface area (Å²) in [6, 6.07) is 0. The molecule has 0 fully saturated rings. The Balaban J connectivity index is 0. The molecule has 0 aromatic rings. The van der Waals surface area contributed by atoms with Crippen molar-refractivity contribution in [2.45, 2.75) is 51.4 Å². The third-order valence-electron chi connectivity index (χ3n) is 2.88. The molecule has 0 radical (unpaired) electrons. The molecule has 0 heterocycles. The van der Waals surface area contributed by atoms with Crippen LogP contribution in [0.4, 0.5) is 0 Å². The van der Waals surface area contributed by atoms with Gasteiger partial charge in [-0.05, 0) is 24.6 Å². The molecule has 0 unspecified atom stereocenters. The van der Waals surface area contributed by atoms with Crippen LogP contribution < -0.4 is 18.9 Å². The van der Waals surface area contributed by atoms with E-state index in [1.165, 1.54) is 0 Å². The Morgan fingerprint density at radius 2 is 1.87 bits per heavy atom. The summed E-state index contributed by atoms with van der Waals surface area (Å²) in [6.07, 6.45) is 4.29. The number of rotatable bonds is 5. The summed E-state index contributed by atoms with van der Waals surface area (Å²) < 4.78 is 6.10. The molecule has 3 heteroatoms. The fraction of sp³-hybridized carbons (Fsp3) is 0.667. The van der Waals surface area contributed by atoms with E-state index in [1.807, 2.05) is 6.08 Å². The molecule has 0 N–H and O–H groups in total. The van der Waals surface area contributed by atoms with E-state index in [0.717, 1.165) is 6.42 Å². The molecule has 1 atom stereocenters. The molecule has 0 aromatic carbocycles. The van der Waals surface area contributed by atoms with Gasteiger partial charge in [-0.25, -0.2) is 0 Å². The fourth-order valence-electron chi connectivity index (χ4n) is 0.882. The van der Waals surface area contributed by atoms with E-state index in [0.29, 0.717) is 0 Å². The average Bonchev–Trinajstić information content (AvgIpc) is 2.01. The van der Waals surface area contributed by atoms with Crippen LogP contribution >= 0.6 is 0 Å². The molecule has 0 saturated heterocycles. The molecule has 0 aliphatic carbocycles. The number of hydrogen-bond donors (Lipinski definition) is 0. The summed E-state index contributed by atoms with van der Waals surface area (Å²) >= 11 is 0. The monoisotopic (exact) mass is 218 g/mol. The van der Waals surface area contributed by atoms with Crippen molar-refractivity contribution in [1.29, 1.82) is 0 Å². The second kappa shape index (κ2) is 6.75. The van der Waals surface area contributed by atoms with Crippen LogP contribution in [0.2, 0.25) is 18.1 Å². The van der Waals surface area contributed by atoms with Crippen LogP contribution in [-0.2, 0) is 4.43 Å². The predicted molar refractivity (Wildman–Crippen MR) is 65.8 cm³/mol. The van der Waals surface area contributed by atoms with Gasteiger partial charge >= 0.3 is 18.9 Å². The van der Waals surface area contributed by atoms with Gasteiger partial charge in [0.25, 0.3) is 0 Å². The van der Waals surface area contributed by atoms with E-state index in [2.05, 4.69) is 40.4 Å². The van der Waals surface area contributed by atoms with E-state index >= 15 is 0 Å². The molecule has 82 valence electrons. The van der Waals surface area contributed by atoms with Crippen molar-refractivity contribution in [3.05, 3.63) is 25.3 Å². The van der Waals surface area contributed by atoms with Gasteiger partial charge in [-0.15, -0.1) is 6.58 Å². The minimum atomic E-state index is -1.67. The topological polar surface area (TPSA) is 9.23 Å². The Morgan fingerprint density at radius 1 is 1.40 bits per heavy atom. The Morgan fingerprint density at radius 3 is 2.13 bits per heavy atom. The van der Waals surface area contributed by atoms with Gasteiger partial charge in [0.2, 0.25) is 0 Å². The Bertz CT molecular complexity index is 206. The first-order chi connectivity index (χ1) is 6.24. The smallest absolute Gasteiger partial charge is 0.518 e. The Labute approximate surface area is 108 Å². The van der Waals surface area contributed by atoms with Gasteiger partial charge in [0, 0.05) is 0 Å². The molecule has 0 amide bonds. The van der Waals surface area contributed by atoms with Crippen molar-refractivity contribution >= 4 is 8.32 Å². The maximum absolute atomic E-state index is 6.10. The quantitative estimate of drug-likeness (QED) is 0.379. The van der Waals surface area contributed by atoms with E-state index in [4.69, 9.17) is 11.0 Å². The summed E-state index contributed by atoms with van der Waals surface area (Å²) in [5, 5.41) is 0.239. The van der Waals surface area contributed by atoms with Crippen LogP contribution in [0.15, 0.2) is 18.7 Å². The van der Waals surface area contributed by atoms with Gasteiger partial charge in [-0.3, -0.25) is 6.08 Å². The molecular formula is C12H23LiOSi. The molecule has 0 bridgehead atoms. The summed E-state index contributed by atoms with van der Waals surface area (Å²) in [5.41, 5.74) is 0. The third kappa shape index (κ3) is 5.77. The first-order valence-electron chi connectivity index (χ1n) is 5.08. The Hall–Kier alpha value is 0.254. The summed E-state index contributed by atoms with van der Waals surface area (Å²) in [7, 11) is -1.67. The first-order valence-corrected chi connectivity index (χ1v) is 7.99. The van der Waals surface area contributed by atoms with E-state index in [9.17, 15) is 0 Å². The molecule has 0 aliphatic heterocycles. The SMILES string of the molecule is [CH-]=CC[C@H](C=C)O[Si](C)(C)C(C)(C)C.[Li+]. The van der Waals surface area contributed by atoms with Crippen molar-refractivity contribution in [3.8, 4) is 0 Å². The van der Waals surface area contributed by atoms with Crippen molar-refractivity contribution in [2.24, 2.45) is 0 Å². The maximum Gasteiger partial charge on any atom is 1.00 e. The zero-order valence-corrected chi connectivity index (χ0v) is 12.1. The average molecular weight is 218 g/mol. The molecule has 0 spiro atoms. The van der Waals surface area contributed by atoms with Crippen molar-refractivity contribution in [2.75, 3.05) is 0 Å². The molecule has 15 heavy (non-hydrogen) atoms. The molecular weight excluding hydrogens is 195 g/mol. The van der Waals surface area contributed by atoms with Gasteiger partial charge in [0.05, 0.1) is 6.10 Å². The zero-order valence-electron chi connectivity index (χ0n) is 11.1. The first kappa shape index (κ1) is 17.6. The van der Waals surface area contributed by atoms with Crippen LogP contribution in [0.1, 0.15) is 27.2 Å². The molecule has 0 rings (SSSR count). The third-order valence-corrected chi connectivity index (χ3v) is 7.39. The Kier molecular flexibility index (Phi) is 7.94. The van der Waals surface area contributed by atoms with E-state index in [1.54, 1.807) is 6.08 Å². The van der Waals surface area contributed by atoms with Crippen LogP contribution in [0.25, 0.3) is 0 Å². The summed E-state index contributed by atoms with van der Waals surface area (Å²) in [5.74, 6) is 0. The van der Waals surface area contributed by atoms with Gasteiger partial charge in [0.15, 0.2) is 8.32 Å².